The Hall–Kier alpha value is -1.67. The molecule has 0 aliphatic rings. The highest BCUT2D eigenvalue weighted by molar-refractivity contribution is 8.13. The molecule has 2 rings (SSSR count). The van der Waals surface area contributed by atoms with Gasteiger partial charge in [-0.2, -0.15) is 0 Å². The Kier molecular flexibility index (Phi) is 3.47. The maximum Gasteiger partial charge on any atom is 0.296 e. The van der Waals surface area contributed by atoms with Crippen molar-refractivity contribution in [1.82, 2.24) is 19.7 Å². The molecule has 0 aliphatic carbocycles. The lowest BCUT2D eigenvalue weighted by molar-refractivity contribution is 0.367. The van der Waals surface area contributed by atoms with Crippen LogP contribution >= 0.6 is 10.7 Å². The molecule has 2 aromatic heterocycles. The molecule has 0 aliphatic heterocycles. The van der Waals surface area contributed by atoms with Crippen LogP contribution in [-0.4, -0.2) is 28.2 Å². The Morgan fingerprint density at radius 3 is 2.35 bits per heavy atom. The van der Waals surface area contributed by atoms with Crippen molar-refractivity contribution in [2.75, 3.05) is 0 Å². The third-order valence-corrected chi connectivity index (χ3v) is 3.68. The largest absolute Gasteiger partial charge is 0.328 e. The van der Waals surface area contributed by atoms with Crippen molar-refractivity contribution in [3.63, 3.8) is 0 Å². The second-order valence-corrected chi connectivity index (χ2v) is 7.65. The van der Waals surface area contributed by atoms with Gasteiger partial charge in [0.2, 0.25) is 5.56 Å². The van der Waals surface area contributed by atoms with Gasteiger partial charge in [0.25, 0.3) is 14.2 Å². The fourth-order valence-electron chi connectivity index (χ4n) is 1.77. The first-order valence-corrected chi connectivity index (χ1v) is 8.01. The number of aromatic amines is 1. The molecule has 7 nitrogen and oxygen atoms in total. The van der Waals surface area contributed by atoms with Crippen molar-refractivity contribution < 1.29 is 8.42 Å². The minimum atomic E-state index is -4.02. The maximum atomic E-state index is 11.6. The highest BCUT2D eigenvalue weighted by atomic mass is 35.7. The lowest BCUT2D eigenvalue weighted by Crippen LogP contribution is -2.26. The van der Waals surface area contributed by atoms with E-state index in [9.17, 15) is 13.2 Å². The standard InChI is InChI=1S/C11H13ClN4O3S/c1-11(2,3)16-9(7-4-5-8(17)13-6-7)14-15-10(16)20(12,18)19/h4-6H,1-3H3,(H,13,17). The van der Waals surface area contributed by atoms with Crippen LogP contribution < -0.4 is 5.56 Å². The topological polar surface area (TPSA) is 97.7 Å². The highest BCUT2D eigenvalue weighted by Crippen LogP contribution is 2.28. The Bertz CT molecular complexity index is 781. The number of hydrogen-bond donors (Lipinski definition) is 1. The Morgan fingerprint density at radius 2 is 1.90 bits per heavy atom. The van der Waals surface area contributed by atoms with Crippen LogP contribution in [0.25, 0.3) is 11.4 Å². The van der Waals surface area contributed by atoms with Gasteiger partial charge in [0, 0.05) is 34.0 Å². The zero-order valence-corrected chi connectivity index (χ0v) is 12.7. The summed E-state index contributed by atoms with van der Waals surface area (Å²) in [5, 5.41) is 7.20. The minimum absolute atomic E-state index is 0.263. The van der Waals surface area contributed by atoms with Gasteiger partial charge in [0.1, 0.15) is 0 Å². The van der Waals surface area contributed by atoms with Gasteiger partial charge in [0.15, 0.2) is 5.82 Å². The summed E-state index contributed by atoms with van der Waals surface area (Å²) < 4.78 is 24.6. The summed E-state index contributed by atoms with van der Waals surface area (Å²) in [6, 6.07) is 2.86. The number of rotatable bonds is 2. The van der Waals surface area contributed by atoms with Crippen molar-refractivity contribution in [2.24, 2.45) is 0 Å². The van der Waals surface area contributed by atoms with Gasteiger partial charge in [0.05, 0.1) is 0 Å². The van der Waals surface area contributed by atoms with Gasteiger partial charge < -0.3 is 4.98 Å². The average Bonchev–Trinajstić information content (AvgIpc) is 2.73. The number of halogens is 1. The van der Waals surface area contributed by atoms with Gasteiger partial charge in [-0.15, -0.1) is 10.2 Å². The van der Waals surface area contributed by atoms with E-state index in [0.29, 0.717) is 11.4 Å². The molecule has 0 radical (unpaired) electrons. The van der Waals surface area contributed by atoms with Gasteiger partial charge in [-0.1, -0.05) is 0 Å². The summed E-state index contributed by atoms with van der Waals surface area (Å²) in [4.78, 5) is 13.6. The zero-order valence-electron chi connectivity index (χ0n) is 11.1. The summed E-state index contributed by atoms with van der Waals surface area (Å²) in [7, 11) is 1.36. The minimum Gasteiger partial charge on any atom is -0.328 e. The van der Waals surface area contributed by atoms with Crippen molar-refractivity contribution >= 4 is 19.7 Å². The molecule has 0 saturated carbocycles. The second kappa shape index (κ2) is 4.71. The highest BCUT2D eigenvalue weighted by Gasteiger charge is 2.30. The first-order valence-electron chi connectivity index (χ1n) is 5.70. The molecule has 0 aromatic carbocycles. The van der Waals surface area contributed by atoms with Crippen LogP contribution in [0, 0.1) is 0 Å². The molecule has 2 aromatic rings. The fourth-order valence-corrected chi connectivity index (χ4v) is 2.79. The molecule has 0 fully saturated rings. The Labute approximate surface area is 120 Å². The zero-order chi connectivity index (χ0) is 15.1. The third-order valence-electron chi connectivity index (χ3n) is 2.56. The van der Waals surface area contributed by atoms with Gasteiger partial charge in [-0.05, 0) is 26.8 Å². The van der Waals surface area contributed by atoms with Crippen LogP contribution in [0.2, 0.25) is 0 Å². The molecule has 0 atom stereocenters. The van der Waals surface area contributed by atoms with E-state index in [4.69, 9.17) is 10.7 Å². The monoisotopic (exact) mass is 316 g/mol. The molecule has 20 heavy (non-hydrogen) atoms. The lowest BCUT2D eigenvalue weighted by Gasteiger charge is -2.23. The molecule has 1 N–H and O–H groups in total. The van der Waals surface area contributed by atoms with Crippen LogP contribution in [0.3, 0.4) is 0 Å². The van der Waals surface area contributed by atoms with Crippen LogP contribution in [0.5, 0.6) is 0 Å². The fraction of sp³-hybridized carbons (Fsp3) is 0.364. The van der Waals surface area contributed by atoms with Crippen molar-refractivity contribution in [2.45, 2.75) is 31.5 Å². The van der Waals surface area contributed by atoms with Gasteiger partial charge in [-0.25, -0.2) is 8.42 Å². The summed E-state index contributed by atoms with van der Waals surface area (Å²) in [5.41, 5.74) is -0.328. The molecule has 2 heterocycles. The van der Waals surface area contributed by atoms with Gasteiger partial charge >= 0.3 is 0 Å². The van der Waals surface area contributed by atoms with E-state index in [-0.39, 0.29) is 10.7 Å². The first kappa shape index (κ1) is 14.7. The number of aromatic nitrogens is 4. The smallest absolute Gasteiger partial charge is 0.296 e. The molecule has 9 heteroatoms. The normalized spacial score (nSPS) is 12.6. The first-order chi connectivity index (χ1) is 9.10. The van der Waals surface area contributed by atoms with Crippen LogP contribution in [-0.2, 0) is 14.6 Å². The van der Waals surface area contributed by atoms with E-state index in [2.05, 4.69) is 15.2 Å². The number of H-pyrrole nitrogens is 1. The molecule has 0 spiro atoms. The Balaban J connectivity index is 2.76. The number of nitrogens with zero attached hydrogens (tertiary/aromatic N) is 3. The molecule has 108 valence electrons. The molecular formula is C11H13ClN4O3S. The number of nitrogens with one attached hydrogen (secondary N) is 1. The van der Waals surface area contributed by atoms with Crippen molar-refractivity contribution in [1.29, 1.82) is 0 Å². The number of pyridine rings is 1. The van der Waals surface area contributed by atoms with E-state index in [1.54, 1.807) is 20.8 Å². The lowest BCUT2D eigenvalue weighted by atomic mass is 10.1. The molecule has 0 unspecified atom stereocenters. The van der Waals surface area contributed by atoms with E-state index in [1.807, 2.05) is 0 Å². The van der Waals surface area contributed by atoms with Crippen LogP contribution in [0.15, 0.2) is 28.3 Å². The molecule has 0 saturated heterocycles. The summed E-state index contributed by atoms with van der Waals surface area (Å²) in [5.74, 6) is 0.313. The molecule has 0 amide bonds. The summed E-state index contributed by atoms with van der Waals surface area (Å²) in [6.45, 7) is 5.41. The third kappa shape index (κ3) is 2.75. The predicted molar refractivity (Wildman–Crippen MR) is 74.1 cm³/mol. The Morgan fingerprint density at radius 1 is 1.25 bits per heavy atom. The molecular weight excluding hydrogens is 304 g/mol. The molecule has 0 bridgehead atoms. The van der Waals surface area contributed by atoms with E-state index in [0.717, 1.165) is 0 Å². The summed E-state index contributed by atoms with van der Waals surface area (Å²) in [6.07, 6.45) is 1.44. The van der Waals surface area contributed by atoms with Crippen molar-refractivity contribution in [3.05, 3.63) is 28.7 Å². The van der Waals surface area contributed by atoms with Gasteiger partial charge in [-0.3, -0.25) is 9.36 Å². The number of hydrogen-bond acceptors (Lipinski definition) is 5. The SMILES string of the molecule is CC(C)(C)n1c(-c2ccc(=O)[nH]c2)nnc1S(=O)(=O)Cl. The van der Waals surface area contributed by atoms with Crippen LogP contribution in [0.1, 0.15) is 20.8 Å². The maximum absolute atomic E-state index is 11.6. The van der Waals surface area contributed by atoms with Crippen LogP contribution in [0.4, 0.5) is 0 Å². The van der Waals surface area contributed by atoms with E-state index in [1.165, 1.54) is 22.9 Å². The summed E-state index contributed by atoms with van der Waals surface area (Å²) >= 11 is 0. The average molecular weight is 317 g/mol. The van der Waals surface area contributed by atoms with E-state index < -0.39 is 14.6 Å². The second-order valence-electron chi connectivity index (χ2n) is 5.19. The van der Waals surface area contributed by atoms with E-state index >= 15 is 0 Å². The quantitative estimate of drug-likeness (QED) is 0.842. The van der Waals surface area contributed by atoms with Crippen molar-refractivity contribution in [3.8, 4) is 11.4 Å². The predicted octanol–water partition coefficient (Wildman–Crippen LogP) is 1.32.